The molecule has 0 aliphatic carbocycles. The summed E-state index contributed by atoms with van der Waals surface area (Å²) in [5.41, 5.74) is 1.26. The second-order valence-electron chi connectivity index (χ2n) is 10.1. The van der Waals surface area contributed by atoms with Gasteiger partial charge in [0.05, 0.1) is 33.7 Å². The van der Waals surface area contributed by atoms with Crippen LogP contribution in [0.5, 0.6) is 0 Å². The molecule has 0 unspecified atom stereocenters. The van der Waals surface area contributed by atoms with Gasteiger partial charge in [0.25, 0.3) is 0 Å². The van der Waals surface area contributed by atoms with E-state index in [0.717, 1.165) is 39.4 Å². The summed E-state index contributed by atoms with van der Waals surface area (Å²) < 4.78 is 5.66. The Labute approximate surface area is 204 Å². The molecule has 0 bridgehead atoms. The number of rotatable bonds is 5. The number of carbonyl (C=O) groups is 2. The van der Waals surface area contributed by atoms with Gasteiger partial charge >= 0.3 is 6.09 Å². The lowest BCUT2D eigenvalue weighted by Crippen LogP contribution is -2.45. The van der Waals surface area contributed by atoms with Crippen LogP contribution in [-0.2, 0) is 16.0 Å². The minimum absolute atomic E-state index is 0.0403. The lowest BCUT2D eigenvalue weighted by molar-refractivity contribution is -0.122. The summed E-state index contributed by atoms with van der Waals surface area (Å²) >= 11 is 3.12. The summed E-state index contributed by atoms with van der Waals surface area (Å²) in [5, 5.41) is 3.79. The molecular formula is C24H34N4O3S2. The number of thiazole rings is 2. The smallest absolute Gasteiger partial charge is 0.410 e. The van der Waals surface area contributed by atoms with Crippen LogP contribution < -0.4 is 0 Å². The van der Waals surface area contributed by atoms with E-state index in [9.17, 15) is 9.59 Å². The van der Waals surface area contributed by atoms with E-state index < -0.39 is 17.7 Å². The van der Waals surface area contributed by atoms with Gasteiger partial charge in [0.2, 0.25) is 0 Å². The van der Waals surface area contributed by atoms with Gasteiger partial charge < -0.3 is 4.74 Å². The SMILES string of the molecule is Cc1nc(C)c(-c2csc(CC(=O)[C@@H]3C[C@@H](N4CCCCC4)CN3C(=O)OC(C)(C)C)n2)s1. The molecule has 2 aromatic heterocycles. The first-order valence-corrected chi connectivity index (χ1v) is 13.5. The van der Waals surface area contributed by atoms with E-state index in [1.807, 2.05) is 40.0 Å². The lowest BCUT2D eigenvalue weighted by Gasteiger charge is -2.32. The molecule has 2 fully saturated rings. The Hall–Kier alpha value is -1.84. The van der Waals surface area contributed by atoms with Gasteiger partial charge in [-0.2, -0.15) is 0 Å². The highest BCUT2D eigenvalue weighted by atomic mass is 32.1. The molecule has 0 saturated carbocycles. The number of aryl methyl sites for hydroxylation is 2. The summed E-state index contributed by atoms with van der Waals surface area (Å²) in [7, 11) is 0. The zero-order valence-corrected chi connectivity index (χ0v) is 21.9. The quantitative estimate of drug-likeness (QED) is 0.596. The largest absolute Gasteiger partial charge is 0.444 e. The van der Waals surface area contributed by atoms with Gasteiger partial charge in [0, 0.05) is 18.0 Å². The molecule has 2 atom stereocenters. The van der Waals surface area contributed by atoms with Gasteiger partial charge in [-0.05, 0) is 67.0 Å². The van der Waals surface area contributed by atoms with E-state index in [0.29, 0.717) is 13.0 Å². The van der Waals surface area contributed by atoms with Crippen molar-refractivity contribution in [3.05, 3.63) is 21.1 Å². The fourth-order valence-electron chi connectivity index (χ4n) is 4.72. The number of aromatic nitrogens is 2. The molecule has 0 spiro atoms. The topological polar surface area (TPSA) is 75.6 Å². The number of amides is 1. The van der Waals surface area contributed by atoms with E-state index in [1.54, 1.807) is 16.2 Å². The van der Waals surface area contributed by atoms with E-state index in [1.165, 1.54) is 30.6 Å². The van der Waals surface area contributed by atoms with Crippen LogP contribution in [0.25, 0.3) is 10.6 Å². The number of hydrogen-bond donors (Lipinski definition) is 0. The van der Waals surface area contributed by atoms with Gasteiger partial charge in [-0.25, -0.2) is 14.8 Å². The Morgan fingerprint density at radius 2 is 1.88 bits per heavy atom. The summed E-state index contributed by atoms with van der Waals surface area (Å²) in [6.45, 7) is 12.2. The molecule has 2 aromatic rings. The van der Waals surface area contributed by atoms with Crippen LogP contribution in [0.3, 0.4) is 0 Å². The summed E-state index contributed by atoms with van der Waals surface area (Å²) in [5.74, 6) is 0.0403. The van der Waals surface area contributed by atoms with Crippen LogP contribution in [0.1, 0.15) is 62.2 Å². The van der Waals surface area contributed by atoms with Crippen molar-refractivity contribution in [1.82, 2.24) is 19.8 Å². The Balaban J connectivity index is 1.49. The number of piperidine rings is 1. The molecule has 2 aliphatic rings. The van der Waals surface area contributed by atoms with E-state index >= 15 is 0 Å². The zero-order valence-electron chi connectivity index (χ0n) is 20.2. The Kier molecular flexibility index (Phi) is 7.21. The molecule has 0 radical (unpaired) electrons. The van der Waals surface area contributed by atoms with Gasteiger partial charge in [-0.3, -0.25) is 14.6 Å². The van der Waals surface area contributed by atoms with Crippen molar-refractivity contribution in [1.29, 1.82) is 0 Å². The number of Topliss-reactive ketones (excluding diaryl/α,β-unsaturated/α-hetero) is 1. The number of ether oxygens (including phenoxy) is 1. The van der Waals surface area contributed by atoms with E-state index in [2.05, 4.69) is 9.88 Å². The molecule has 0 aromatic carbocycles. The molecule has 1 amide bonds. The molecule has 2 saturated heterocycles. The Morgan fingerprint density at radius 1 is 1.15 bits per heavy atom. The second-order valence-corrected chi connectivity index (χ2v) is 12.2. The molecule has 4 heterocycles. The number of carbonyl (C=O) groups excluding carboxylic acids is 2. The van der Waals surface area contributed by atoms with Crippen LogP contribution in [0.2, 0.25) is 0 Å². The standard InChI is InChI=1S/C24H34N4O3S2/c1-15-22(33-16(2)25-15)18-14-32-21(26-18)12-20(29)19-11-17(27-9-7-6-8-10-27)13-28(19)23(30)31-24(3,4)5/h14,17,19H,6-13H2,1-5H3/t17-,19+/m1/s1. The van der Waals surface area contributed by atoms with Crippen LogP contribution in [-0.4, -0.2) is 69.0 Å². The average molecular weight is 491 g/mol. The van der Waals surface area contributed by atoms with Crippen molar-refractivity contribution in [2.75, 3.05) is 19.6 Å². The molecule has 0 N–H and O–H groups in total. The van der Waals surface area contributed by atoms with Crippen molar-refractivity contribution >= 4 is 34.6 Å². The maximum absolute atomic E-state index is 13.4. The number of ketones is 1. The van der Waals surface area contributed by atoms with Gasteiger partial charge in [0.15, 0.2) is 5.78 Å². The highest BCUT2D eigenvalue weighted by Crippen LogP contribution is 2.32. The highest BCUT2D eigenvalue weighted by Gasteiger charge is 2.43. The van der Waals surface area contributed by atoms with E-state index in [-0.39, 0.29) is 18.2 Å². The predicted octanol–water partition coefficient (Wildman–Crippen LogP) is 4.86. The van der Waals surface area contributed by atoms with Crippen molar-refractivity contribution < 1.29 is 14.3 Å². The Morgan fingerprint density at radius 3 is 2.52 bits per heavy atom. The number of likely N-dealkylation sites (tertiary alicyclic amines) is 2. The maximum Gasteiger partial charge on any atom is 0.410 e. The first kappa shape index (κ1) is 24.3. The molecular weight excluding hydrogens is 456 g/mol. The highest BCUT2D eigenvalue weighted by molar-refractivity contribution is 7.16. The summed E-state index contributed by atoms with van der Waals surface area (Å²) in [6.07, 6.45) is 4.13. The van der Waals surface area contributed by atoms with Gasteiger partial charge in [-0.1, -0.05) is 6.42 Å². The van der Waals surface area contributed by atoms with Gasteiger partial charge in [0.1, 0.15) is 10.6 Å². The van der Waals surface area contributed by atoms with Crippen LogP contribution >= 0.6 is 22.7 Å². The average Bonchev–Trinajstić information content (AvgIpc) is 3.45. The maximum atomic E-state index is 13.4. The van der Waals surface area contributed by atoms with Crippen molar-refractivity contribution in [3.63, 3.8) is 0 Å². The molecule has 4 rings (SSSR count). The predicted molar refractivity (Wildman–Crippen MR) is 132 cm³/mol. The normalized spacial score (nSPS) is 22.0. The van der Waals surface area contributed by atoms with Crippen LogP contribution in [0.15, 0.2) is 5.38 Å². The molecule has 2 aliphatic heterocycles. The molecule has 33 heavy (non-hydrogen) atoms. The third-order valence-corrected chi connectivity index (χ3v) is 8.14. The monoisotopic (exact) mass is 490 g/mol. The second kappa shape index (κ2) is 9.80. The number of hydrogen-bond acceptors (Lipinski definition) is 8. The van der Waals surface area contributed by atoms with Crippen molar-refractivity contribution in [2.24, 2.45) is 0 Å². The third-order valence-electron chi connectivity index (χ3n) is 6.20. The minimum Gasteiger partial charge on any atom is -0.444 e. The first-order chi connectivity index (χ1) is 15.6. The summed E-state index contributed by atoms with van der Waals surface area (Å²) in [6, 6.07) is -0.257. The fraction of sp³-hybridized carbons (Fsp3) is 0.667. The van der Waals surface area contributed by atoms with Crippen LogP contribution in [0.4, 0.5) is 4.79 Å². The lowest BCUT2D eigenvalue weighted by atomic mass is 10.0. The minimum atomic E-state index is -0.594. The fourth-order valence-corrected chi connectivity index (χ4v) is 6.47. The van der Waals surface area contributed by atoms with E-state index in [4.69, 9.17) is 9.72 Å². The zero-order chi connectivity index (χ0) is 23.8. The van der Waals surface area contributed by atoms with Crippen molar-refractivity contribution in [3.8, 4) is 10.6 Å². The summed E-state index contributed by atoms with van der Waals surface area (Å²) in [4.78, 5) is 40.8. The molecule has 7 nitrogen and oxygen atoms in total. The molecule has 9 heteroatoms. The first-order valence-electron chi connectivity index (χ1n) is 11.8. The molecule has 180 valence electrons. The number of nitrogens with zero attached hydrogens (tertiary/aromatic N) is 4. The van der Waals surface area contributed by atoms with Crippen molar-refractivity contribution in [2.45, 2.75) is 84.4 Å². The third kappa shape index (κ3) is 5.81. The van der Waals surface area contributed by atoms with Gasteiger partial charge in [-0.15, -0.1) is 22.7 Å². The van der Waals surface area contributed by atoms with Crippen LogP contribution in [0, 0.1) is 13.8 Å². The Bertz CT molecular complexity index is 1000.